The number of nitrogens with zero attached hydrogens (tertiary/aromatic N) is 3. The Hall–Kier alpha value is 0.220. The van der Waals surface area contributed by atoms with Crippen LogP contribution in [0, 0.1) is 0 Å². The third kappa shape index (κ3) is 3.91. The van der Waals surface area contributed by atoms with Gasteiger partial charge < -0.3 is 4.90 Å². The van der Waals surface area contributed by atoms with Gasteiger partial charge in [-0.1, -0.05) is 41.3 Å². The number of hydrogen-bond donors (Lipinski definition) is 0. The fourth-order valence-corrected chi connectivity index (χ4v) is 4.29. The van der Waals surface area contributed by atoms with Crippen LogP contribution in [-0.4, -0.2) is 46.7 Å². The molecule has 1 saturated heterocycles. The molecule has 6 heteroatoms. The molecule has 0 radical (unpaired) electrons. The number of rotatable bonds is 5. The van der Waals surface area contributed by atoms with Crippen LogP contribution < -0.4 is 0 Å². The minimum atomic E-state index is 1.07. The van der Waals surface area contributed by atoms with Gasteiger partial charge in [0.15, 0.2) is 8.68 Å². The van der Waals surface area contributed by atoms with Crippen molar-refractivity contribution in [3.63, 3.8) is 0 Å². The van der Waals surface area contributed by atoms with Crippen molar-refractivity contribution in [3.8, 4) is 0 Å². The molecule has 0 atom stereocenters. The van der Waals surface area contributed by atoms with Gasteiger partial charge >= 0.3 is 0 Å². The highest BCUT2D eigenvalue weighted by Gasteiger charge is 2.10. The summed E-state index contributed by atoms with van der Waals surface area (Å²) < 4.78 is 2.18. The summed E-state index contributed by atoms with van der Waals surface area (Å²) in [6.07, 6.45) is 6.21. The molecule has 0 bridgehead atoms. The lowest BCUT2D eigenvalue weighted by molar-refractivity contribution is 0.242. The zero-order chi connectivity index (χ0) is 11.2. The monoisotopic (exact) mass is 275 g/mol. The Balaban J connectivity index is 1.66. The molecule has 2 heterocycles. The second kappa shape index (κ2) is 6.83. The first kappa shape index (κ1) is 12.7. The highest BCUT2D eigenvalue weighted by Crippen LogP contribution is 2.27. The molecule has 0 saturated carbocycles. The van der Waals surface area contributed by atoms with E-state index < -0.39 is 0 Å². The lowest BCUT2D eigenvalue weighted by Gasteiger charge is -2.25. The summed E-state index contributed by atoms with van der Waals surface area (Å²) >= 11 is 5.22. The number of hydrogen-bond acceptors (Lipinski definition) is 6. The topological polar surface area (TPSA) is 29.0 Å². The second-order valence-corrected chi connectivity index (χ2v) is 7.16. The summed E-state index contributed by atoms with van der Waals surface area (Å²) in [6, 6.07) is 0. The van der Waals surface area contributed by atoms with Crippen molar-refractivity contribution in [1.82, 2.24) is 15.1 Å². The molecule has 16 heavy (non-hydrogen) atoms. The van der Waals surface area contributed by atoms with E-state index in [4.69, 9.17) is 0 Å². The summed E-state index contributed by atoms with van der Waals surface area (Å²) in [5, 5.41) is 8.26. The summed E-state index contributed by atoms with van der Waals surface area (Å²) in [6.45, 7) is 3.76. The van der Waals surface area contributed by atoms with Gasteiger partial charge in [0.1, 0.15) is 0 Å². The van der Waals surface area contributed by atoms with Crippen LogP contribution in [0.3, 0.4) is 0 Å². The van der Waals surface area contributed by atoms with Crippen molar-refractivity contribution in [1.29, 1.82) is 0 Å². The van der Waals surface area contributed by atoms with Crippen LogP contribution in [0.5, 0.6) is 0 Å². The Bertz CT molecular complexity index is 310. The van der Waals surface area contributed by atoms with Crippen LogP contribution in [-0.2, 0) is 0 Å². The minimum Gasteiger partial charge on any atom is -0.303 e. The Morgan fingerprint density at radius 3 is 2.62 bits per heavy atom. The third-order valence-corrected chi connectivity index (χ3v) is 5.66. The van der Waals surface area contributed by atoms with E-state index in [9.17, 15) is 0 Å². The molecule has 0 aliphatic carbocycles. The SMILES string of the molecule is CSc1nnc(SCCN2CCCCC2)s1. The van der Waals surface area contributed by atoms with E-state index in [2.05, 4.69) is 15.1 Å². The predicted octanol–water partition coefficient (Wildman–Crippen LogP) is 2.84. The molecule has 2 rings (SSSR count). The van der Waals surface area contributed by atoms with Crippen molar-refractivity contribution in [2.45, 2.75) is 27.9 Å². The maximum atomic E-state index is 4.16. The van der Waals surface area contributed by atoms with E-state index in [0.29, 0.717) is 0 Å². The summed E-state index contributed by atoms with van der Waals surface area (Å²) in [7, 11) is 0. The van der Waals surface area contributed by atoms with Crippen molar-refractivity contribution < 1.29 is 0 Å². The van der Waals surface area contributed by atoms with E-state index in [-0.39, 0.29) is 0 Å². The first-order valence-electron chi connectivity index (χ1n) is 5.61. The Morgan fingerprint density at radius 1 is 1.19 bits per heavy atom. The van der Waals surface area contributed by atoms with Gasteiger partial charge in [0, 0.05) is 12.3 Å². The zero-order valence-electron chi connectivity index (χ0n) is 9.52. The molecule has 1 aliphatic rings. The lowest BCUT2D eigenvalue weighted by Crippen LogP contribution is -2.31. The van der Waals surface area contributed by atoms with Crippen LogP contribution in [0.1, 0.15) is 19.3 Å². The highest BCUT2D eigenvalue weighted by molar-refractivity contribution is 8.02. The lowest BCUT2D eigenvalue weighted by atomic mass is 10.1. The van der Waals surface area contributed by atoms with Crippen molar-refractivity contribution in [2.75, 3.05) is 31.6 Å². The summed E-state index contributed by atoms with van der Waals surface area (Å²) in [4.78, 5) is 2.56. The van der Waals surface area contributed by atoms with Crippen molar-refractivity contribution in [2.24, 2.45) is 0 Å². The minimum absolute atomic E-state index is 1.07. The van der Waals surface area contributed by atoms with Crippen LogP contribution in [0.2, 0.25) is 0 Å². The molecule has 0 amide bonds. The molecule has 90 valence electrons. The highest BCUT2D eigenvalue weighted by atomic mass is 32.2. The molecule has 1 aromatic rings. The average molecular weight is 275 g/mol. The zero-order valence-corrected chi connectivity index (χ0v) is 12.0. The van der Waals surface area contributed by atoms with E-state index in [1.807, 2.05) is 18.0 Å². The molecule has 0 aromatic carbocycles. The Labute approximate surface area is 109 Å². The van der Waals surface area contributed by atoms with Gasteiger partial charge in [-0.2, -0.15) is 0 Å². The maximum absolute atomic E-state index is 4.16. The molecule has 1 fully saturated rings. The number of aromatic nitrogens is 2. The van der Waals surface area contributed by atoms with Gasteiger partial charge in [0.05, 0.1) is 0 Å². The molecule has 0 spiro atoms. The number of thioether (sulfide) groups is 2. The Morgan fingerprint density at radius 2 is 1.94 bits per heavy atom. The smallest absolute Gasteiger partial charge is 0.175 e. The standard InChI is InChI=1S/C10H17N3S3/c1-14-9-11-12-10(16-9)15-8-7-13-5-3-2-4-6-13/h2-8H2,1H3. The predicted molar refractivity (Wildman–Crippen MR) is 72.7 cm³/mol. The first-order valence-corrected chi connectivity index (χ1v) is 8.64. The molecule has 3 nitrogen and oxygen atoms in total. The van der Waals surface area contributed by atoms with Crippen LogP contribution in [0.25, 0.3) is 0 Å². The molecule has 0 unspecified atom stereocenters. The molecular formula is C10H17N3S3. The van der Waals surface area contributed by atoms with Gasteiger partial charge in [0.2, 0.25) is 0 Å². The molecule has 0 N–H and O–H groups in total. The van der Waals surface area contributed by atoms with Gasteiger partial charge in [0.25, 0.3) is 0 Å². The number of likely N-dealkylation sites (tertiary alicyclic amines) is 1. The van der Waals surface area contributed by atoms with Gasteiger partial charge in [-0.25, -0.2) is 0 Å². The third-order valence-electron chi connectivity index (χ3n) is 2.64. The summed E-state index contributed by atoms with van der Waals surface area (Å²) in [5.74, 6) is 1.14. The van der Waals surface area contributed by atoms with E-state index >= 15 is 0 Å². The van der Waals surface area contributed by atoms with Crippen LogP contribution in [0.15, 0.2) is 8.68 Å². The molecule has 1 aromatic heterocycles. The molecular weight excluding hydrogens is 258 g/mol. The first-order chi connectivity index (χ1) is 7.88. The molecule has 1 aliphatic heterocycles. The van der Waals surface area contributed by atoms with Crippen LogP contribution >= 0.6 is 34.9 Å². The maximum Gasteiger partial charge on any atom is 0.175 e. The summed E-state index contributed by atoms with van der Waals surface area (Å²) in [5.41, 5.74) is 0. The number of piperidine rings is 1. The van der Waals surface area contributed by atoms with E-state index in [1.165, 1.54) is 38.9 Å². The fourth-order valence-electron chi connectivity index (χ4n) is 1.78. The van der Waals surface area contributed by atoms with Crippen molar-refractivity contribution in [3.05, 3.63) is 0 Å². The van der Waals surface area contributed by atoms with Crippen molar-refractivity contribution >= 4 is 34.9 Å². The van der Waals surface area contributed by atoms with Gasteiger partial charge in [-0.3, -0.25) is 0 Å². The average Bonchev–Trinajstić information content (AvgIpc) is 2.78. The van der Waals surface area contributed by atoms with Gasteiger partial charge in [-0.15, -0.1) is 10.2 Å². The Kier molecular flexibility index (Phi) is 5.41. The quantitative estimate of drug-likeness (QED) is 0.771. The van der Waals surface area contributed by atoms with E-state index in [1.54, 1.807) is 23.1 Å². The van der Waals surface area contributed by atoms with Crippen LogP contribution in [0.4, 0.5) is 0 Å². The second-order valence-electron chi connectivity index (χ2n) is 3.79. The fraction of sp³-hybridized carbons (Fsp3) is 0.800. The van der Waals surface area contributed by atoms with E-state index in [0.717, 1.165) is 14.4 Å². The largest absolute Gasteiger partial charge is 0.303 e. The normalized spacial score (nSPS) is 17.8. The van der Waals surface area contributed by atoms with Gasteiger partial charge in [-0.05, 0) is 32.2 Å².